The number of carbonyl (C=O) groups is 2. The zero-order valence-corrected chi connectivity index (χ0v) is 15.2. The lowest BCUT2D eigenvalue weighted by Crippen LogP contribution is -2.32. The molecule has 92 valence electrons. The van der Waals surface area contributed by atoms with Gasteiger partial charge in [0.25, 0.3) is 5.91 Å². The Kier molecular flexibility index (Phi) is 5.89. The number of benzene rings is 1. The third-order valence-corrected chi connectivity index (χ3v) is 5.61. The van der Waals surface area contributed by atoms with E-state index in [1.807, 2.05) is 6.07 Å². The highest BCUT2D eigenvalue weighted by atomic mass is 127. The van der Waals surface area contributed by atoms with E-state index < -0.39 is 5.97 Å². The van der Waals surface area contributed by atoms with E-state index in [0.29, 0.717) is 5.56 Å². The number of carbonyl (C=O) groups excluding carboxylic acids is 1. The van der Waals surface area contributed by atoms with E-state index in [1.165, 1.54) is 11.9 Å². The topological polar surface area (TPSA) is 57.6 Å². The van der Waals surface area contributed by atoms with E-state index in [2.05, 4.69) is 67.8 Å². The highest BCUT2D eigenvalue weighted by Crippen LogP contribution is 2.23. The molecule has 0 aromatic heterocycles. The summed E-state index contributed by atoms with van der Waals surface area (Å²) in [6.45, 7) is -0.295. The molecule has 0 saturated heterocycles. The van der Waals surface area contributed by atoms with E-state index in [9.17, 15) is 9.59 Å². The highest BCUT2D eigenvalue weighted by Gasteiger charge is 2.18. The van der Waals surface area contributed by atoms with Gasteiger partial charge in [0.2, 0.25) is 0 Å². The summed E-state index contributed by atoms with van der Waals surface area (Å²) in [6.07, 6.45) is 0. The molecule has 0 radical (unpaired) electrons. The molecule has 0 bridgehead atoms. The summed E-state index contributed by atoms with van der Waals surface area (Å²) in [7, 11) is 1.49. The molecule has 0 aliphatic carbocycles. The summed E-state index contributed by atoms with van der Waals surface area (Å²) >= 11 is 6.39. The summed E-state index contributed by atoms with van der Waals surface area (Å²) < 4.78 is 2.80. The minimum atomic E-state index is -1.02. The van der Waals surface area contributed by atoms with Crippen LogP contribution in [0.2, 0.25) is 0 Å². The Hall–Kier alpha value is 0.350. The van der Waals surface area contributed by atoms with Crippen molar-refractivity contribution in [2.24, 2.45) is 0 Å². The van der Waals surface area contributed by atoms with E-state index >= 15 is 0 Å². The van der Waals surface area contributed by atoms with Crippen molar-refractivity contribution in [2.75, 3.05) is 13.6 Å². The fourth-order valence-electron chi connectivity index (χ4n) is 1.19. The molecule has 17 heavy (non-hydrogen) atoms. The highest BCUT2D eigenvalue weighted by molar-refractivity contribution is 14.1. The smallest absolute Gasteiger partial charge is 0.323 e. The fraction of sp³-hybridized carbons (Fsp3) is 0.200. The molecule has 0 spiro atoms. The second-order valence-electron chi connectivity index (χ2n) is 3.30. The van der Waals surface area contributed by atoms with Gasteiger partial charge in [-0.25, -0.2) is 0 Å². The molecule has 0 unspecified atom stereocenters. The average molecular weight is 571 g/mol. The van der Waals surface area contributed by atoms with Gasteiger partial charge in [0.1, 0.15) is 6.54 Å². The van der Waals surface area contributed by atoms with Gasteiger partial charge >= 0.3 is 5.97 Å². The van der Waals surface area contributed by atoms with Crippen LogP contribution in [0.25, 0.3) is 0 Å². The lowest BCUT2D eigenvalue weighted by Gasteiger charge is -2.16. The third-order valence-electron chi connectivity index (χ3n) is 1.94. The first kappa shape index (κ1) is 15.4. The first-order chi connectivity index (χ1) is 7.82. The van der Waals surface area contributed by atoms with Gasteiger partial charge in [0.15, 0.2) is 0 Å². The number of hydrogen-bond acceptors (Lipinski definition) is 2. The van der Waals surface area contributed by atoms with Gasteiger partial charge < -0.3 is 10.0 Å². The van der Waals surface area contributed by atoms with Crippen LogP contribution in [-0.2, 0) is 4.79 Å². The first-order valence-electron chi connectivity index (χ1n) is 4.44. The number of carboxylic acids is 1. The summed E-state index contributed by atoms with van der Waals surface area (Å²) in [5.41, 5.74) is 0.547. The van der Waals surface area contributed by atoms with Gasteiger partial charge in [0.05, 0.1) is 5.56 Å². The zero-order valence-electron chi connectivity index (χ0n) is 8.71. The third kappa shape index (κ3) is 4.19. The predicted octanol–water partition coefficient (Wildman–Crippen LogP) is 2.66. The van der Waals surface area contributed by atoms with Crippen molar-refractivity contribution in [1.82, 2.24) is 4.90 Å². The van der Waals surface area contributed by atoms with Crippen LogP contribution in [0.3, 0.4) is 0 Å². The van der Waals surface area contributed by atoms with Crippen molar-refractivity contribution in [1.29, 1.82) is 0 Å². The Labute approximate surface area is 140 Å². The standard InChI is InChI=1S/C10H8I3NO3/c1-14(4-8(15)16)10(17)6-2-5(11)3-7(12)9(6)13/h2-3H,4H2,1H3,(H,15,16). The molecule has 4 nitrogen and oxygen atoms in total. The molecule has 1 rings (SSSR count). The molecule has 0 heterocycles. The fourth-order valence-corrected chi connectivity index (χ4v) is 3.58. The zero-order chi connectivity index (χ0) is 13.2. The number of carboxylic acid groups (broad SMARTS) is 1. The van der Waals surface area contributed by atoms with Crippen molar-refractivity contribution in [2.45, 2.75) is 0 Å². The van der Waals surface area contributed by atoms with Crippen molar-refractivity contribution >= 4 is 79.6 Å². The Morgan fingerprint density at radius 1 is 1.29 bits per heavy atom. The Morgan fingerprint density at radius 2 is 1.88 bits per heavy atom. The normalized spacial score (nSPS) is 10.1. The molecule has 1 aromatic carbocycles. The quantitative estimate of drug-likeness (QED) is 0.449. The largest absolute Gasteiger partial charge is 0.480 e. The van der Waals surface area contributed by atoms with Gasteiger partial charge in [-0.3, -0.25) is 9.59 Å². The number of likely N-dealkylation sites (N-methyl/N-ethyl adjacent to an activating group) is 1. The van der Waals surface area contributed by atoms with Crippen molar-refractivity contribution in [3.8, 4) is 0 Å². The van der Waals surface area contributed by atoms with Crippen LogP contribution in [0.1, 0.15) is 10.4 Å². The number of hydrogen-bond donors (Lipinski definition) is 1. The van der Waals surface area contributed by atoms with Crippen LogP contribution in [0, 0.1) is 10.7 Å². The van der Waals surface area contributed by atoms with Crippen LogP contribution in [-0.4, -0.2) is 35.5 Å². The molecule has 0 atom stereocenters. The van der Waals surface area contributed by atoms with Crippen LogP contribution < -0.4 is 0 Å². The second-order valence-corrected chi connectivity index (χ2v) is 6.79. The maximum Gasteiger partial charge on any atom is 0.323 e. The van der Waals surface area contributed by atoms with E-state index in [1.54, 1.807) is 6.07 Å². The predicted molar refractivity (Wildman–Crippen MR) is 89.2 cm³/mol. The molecular formula is C10H8I3NO3. The van der Waals surface area contributed by atoms with E-state index in [4.69, 9.17) is 5.11 Å². The maximum absolute atomic E-state index is 12.1. The SMILES string of the molecule is CN(CC(=O)O)C(=O)c1cc(I)cc(I)c1I. The summed E-state index contributed by atoms with van der Waals surface area (Å²) in [4.78, 5) is 23.8. The van der Waals surface area contributed by atoms with Crippen molar-refractivity contribution in [3.63, 3.8) is 0 Å². The average Bonchev–Trinajstić information content (AvgIpc) is 2.21. The number of nitrogens with zero attached hydrogens (tertiary/aromatic N) is 1. The van der Waals surface area contributed by atoms with Crippen LogP contribution in [0.15, 0.2) is 12.1 Å². The van der Waals surface area contributed by atoms with Crippen molar-refractivity contribution in [3.05, 3.63) is 28.4 Å². The van der Waals surface area contributed by atoms with Gasteiger partial charge in [-0.15, -0.1) is 0 Å². The van der Waals surface area contributed by atoms with Gasteiger partial charge in [0, 0.05) is 17.8 Å². The first-order valence-corrected chi connectivity index (χ1v) is 7.68. The van der Waals surface area contributed by atoms with E-state index in [-0.39, 0.29) is 12.5 Å². The Morgan fingerprint density at radius 3 is 2.41 bits per heavy atom. The second kappa shape index (κ2) is 6.50. The Bertz CT molecular complexity index is 476. The number of rotatable bonds is 3. The Balaban J connectivity index is 3.08. The molecule has 0 aliphatic rings. The molecule has 1 aromatic rings. The van der Waals surface area contributed by atoms with E-state index in [0.717, 1.165) is 10.7 Å². The molecule has 1 amide bonds. The lowest BCUT2D eigenvalue weighted by molar-refractivity contribution is -0.137. The van der Waals surface area contributed by atoms with Gasteiger partial charge in [-0.2, -0.15) is 0 Å². The summed E-state index contributed by atoms with van der Waals surface area (Å²) in [5, 5.41) is 8.66. The molecule has 0 aliphatic heterocycles. The summed E-state index contributed by atoms with van der Waals surface area (Å²) in [5.74, 6) is -1.29. The molecular weight excluding hydrogens is 563 g/mol. The number of aliphatic carboxylic acids is 1. The number of amides is 1. The minimum Gasteiger partial charge on any atom is -0.480 e. The van der Waals surface area contributed by atoms with Crippen LogP contribution in [0.5, 0.6) is 0 Å². The lowest BCUT2D eigenvalue weighted by atomic mass is 10.2. The number of halogens is 3. The van der Waals surface area contributed by atoms with Crippen molar-refractivity contribution < 1.29 is 14.7 Å². The maximum atomic E-state index is 12.1. The monoisotopic (exact) mass is 571 g/mol. The van der Waals surface area contributed by atoms with Gasteiger partial charge in [-0.1, -0.05) is 0 Å². The molecule has 0 fully saturated rings. The molecule has 1 N–H and O–H groups in total. The molecule has 0 saturated carbocycles. The molecule has 7 heteroatoms. The van der Waals surface area contributed by atoms with Gasteiger partial charge in [-0.05, 0) is 79.9 Å². The van der Waals surface area contributed by atoms with Crippen LogP contribution in [0.4, 0.5) is 0 Å². The summed E-state index contributed by atoms with van der Waals surface area (Å²) in [6, 6.07) is 3.74. The van der Waals surface area contributed by atoms with Crippen LogP contribution >= 0.6 is 67.8 Å². The minimum absolute atomic E-state index is 0.270.